The molecular formula is C24H24O5S. The summed E-state index contributed by atoms with van der Waals surface area (Å²) in [6.45, 7) is -0.197. The topological polar surface area (TPSA) is 69.7 Å². The van der Waals surface area contributed by atoms with Crippen molar-refractivity contribution in [3.8, 4) is 5.75 Å². The summed E-state index contributed by atoms with van der Waals surface area (Å²) >= 11 is 0. The summed E-state index contributed by atoms with van der Waals surface area (Å²) in [5.74, 6) is 0.0250. The lowest BCUT2D eigenvalue weighted by atomic mass is 10.0. The summed E-state index contributed by atoms with van der Waals surface area (Å²) in [7, 11) is -3.37. The molecule has 156 valence electrons. The van der Waals surface area contributed by atoms with Gasteiger partial charge < -0.3 is 9.47 Å². The van der Waals surface area contributed by atoms with Crippen LogP contribution in [0.25, 0.3) is 0 Å². The Balaban J connectivity index is 1.44. The van der Waals surface area contributed by atoms with Crippen molar-refractivity contribution in [3.63, 3.8) is 0 Å². The molecule has 0 atom stereocenters. The van der Waals surface area contributed by atoms with Crippen LogP contribution in [0, 0.1) is 0 Å². The maximum absolute atomic E-state index is 12.2. The van der Waals surface area contributed by atoms with Crippen molar-refractivity contribution in [3.05, 3.63) is 96.1 Å². The van der Waals surface area contributed by atoms with Gasteiger partial charge in [0.15, 0.2) is 16.4 Å². The zero-order chi connectivity index (χ0) is 21.2. The Hall–Kier alpha value is -3.12. The van der Waals surface area contributed by atoms with Gasteiger partial charge in [0, 0.05) is 6.42 Å². The van der Waals surface area contributed by atoms with Gasteiger partial charge in [-0.05, 0) is 35.7 Å². The molecule has 0 saturated heterocycles. The van der Waals surface area contributed by atoms with E-state index in [1.165, 1.54) is 0 Å². The maximum Gasteiger partial charge on any atom is 0.344 e. The molecule has 6 heteroatoms. The molecular weight excluding hydrogens is 400 g/mol. The number of rotatable bonds is 10. The van der Waals surface area contributed by atoms with Crippen molar-refractivity contribution in [1.29, 1.82) is 0 Å². The van der Waals surface area contributed by atoms with Gasteiger partial charge >= 0.3 is 5.97 Å². The number of sulfone groups is 1. The van der Waals surface area contributed by atoms with Crippen molar-refractivity contribution in [2.75, 3.05) is 19.0 Å². The molecule has 0 amide bonds. The number of hydrogen-bond acceptors (Lipinski definition) is 5. The van der Waals surface area contributed by atoms with Crippen LogP contribution in [0.1, 0.15) is 17.5 Å². The van der Waals surface area contributed by atoms with Crippen molar-refractivity contribution in [1.82, 2.24) is 0 Å². The number of para-hydroxylation sites is 1. The predicted molar refractivity (Wildman–Crippen MR) is 115 cm³/mol. The minimum Gasteiger partial charge on any atom is -0.482 e. The zero-order valence-corrected chi connectivity index (χ0v) is 17.4. The van der Waals surface area contributed by atoms with E-state index in [1.807, 2.05) is 54.6 Å². The standard InChI is InChI=1S/C24H24O5S/c25-24(28-16-9-17-30(26,27)22-13-5-2-6-14-22)19-29-23-15-8-7-12-21(23)18-20-10-3-1-4-11-20/h1-8,10-15H,9,16-19H2. The van der Waals surface area contributed by atoms with Gasteiger partial charge in [0.25, 0.3) is 0 Å². The summed E-state index contributed by atoms with van der Waals surface area (Å²) in [6.07, 6.45) is 0.928. The summed E-state index contributed by atoms with van der Waals surface area (Å²) < 4.78 is 35.2. The Morgan fingerprint density at radius 1 is 0.800 bits per heavy atom. The molecule has 0 heterocycles. The summed E-state index contributed by atoms with van der Waals surface area (Å²) in [5, 5.41) is 0. The number of carbonyl (C=O) groups excluding carboxylic acids is 1. The lowest BCUT2D eigenvalue weighted by Gasteiger charge is -2.11. The fraction of sp³-hybridized carbons (Fsp3) is 0.208. The highest BCUT2D eigenvalue weighted by atomic mass is 32.2. The minimum absolute atomic E-state index is 0.0277. The first-order chi connectivity index (χ1) is 14.5. The van der Waals surface area contributed by atoms with E-state index in [0.29, 0.717) is 12.2 Å². The number of benzene rings is 3. The first-order valence-electron chi connectivity index (χ1n) is 9.73. The first kappa shape index (κ1) is 21.6. The van der Waals surface area contributed by atoms with E-state index in [4.69, 9.17) is 9.47 Å². The number of esters is 1. The molecule has 0 unspecified atom stereocenters. The molecule has 3 aromatic rings. The lowest BCUT2D eigenvalue weighted by Crippen LogP contribution is -2.17. The van der Waals surface area contributed by atoms with Gasteiger partial charge in [-0.1, -0.05) is 66.7 Å². The molecule has 0 N–H and O–H groups in total. The molecule has 30 heavy (non-hydrogen) atoms. The molecule has 0 fully saturated rings. The zero-order valence-electron chi connectivity index (χ0n) is 16.6. The average molecular weight is 425 g/mol. The normalized spacial score (nSPS) is 11.1. The van der Waals surface area contributed by atoms with Gasteiger partial charge in [-0.2, -0.15) is 0 Å². The second-order valence-corrected chi connectivity index (χ2v) is 8.87. The van der Waals surface area contributed by atoms with Crippen molar-refractivity contribution in [2.24, 2.45) is 0 Å². The van der Waals surface area contributed by atoms with Gasteiger partial charge in [-0.3, -0.25) is 0 Å². The van der Waals surface area contributed by atoms with Gasteiger partial charge in [-0.25, -0.2) is 13.2 Å². The van der Waals surface area contributed by atoms with E-state index in [1.54, 1.807) is 30.3 Å². The monoisotopic (exact) mass is 424 g/mol. The summed E-state index contributed by atoms with van der Waals surface area (Å²) in [6, 6.07) is 25.8. The lowest BCUT2D eigenvalue weighted by molar-refractivity contribution is -0.146. The average Bonchev–Trinajstić information content (AvgIpc) is 2.77. The van der Waals surface area contributed by atoms with E-state index in [2.05, 4.69) is 0 Å². The first-order valence-corrected chi connectivity index (χ1v) is 11.4. The van der Waals surface area contributed by atoms with Crippen molar-refractivity contribution < 1.29 is 22.7 Å². The molecule has 5 nitrogen and oxygen atoms in total. The van der Waals surface area contributed by atoms with Gasteiger partial charge in [0.1, 0.15) is 5.75 Å². The molecule has 3 aromatic carbocycles. The molecule has 0 aliphatic carbocycles. The molecule has 0 aliphatic heterocycles. The van der Waals surface area contributed by atoms with Gasteiger partial charge in [-0.15, -0.1) is 0 Å². The van der Waals surface area contributed by atoms with Crippen LogP contribution in [0.3, 0.4) is 0 Å². The van der Waals surface area contributed by atoms with Crippen molar-refractivity contribution in [2.45, 2.75) is 17.7 Å². The van der Waals surface area contributed by atoms with Crippen LogP contribution in [0.2, 0.25) is 0 Å². The number of carbonyl (C=O) groups is 1. The molecule has 0 saturated carbocycles. The Labute approximate surface area is 177 Å². The second-order valence-electron chi connectivity index (χ2n) is 6.76. The maximum atomic E-state index is 12.2. The van der Waals surface area contributed by atoms with E-state index in [0.717, 1.165) is 11.1 Å². The van der Waals surface area contributed by atoms with E-state index < -0.39 is 15.8 Å². The highest BCUT2D eigenvalue weighted by molar-refractivity contribution is 7.91. The highest BCUT2D eigenvalue weighted by Gasteiger charge is 2.14. The molecule has 0 aromatic heterocycles. The fourth-order valence-electron chi connectivity index (χ4n) is 2.97. The summed E-state index contributed by atoms with van der Waals surface area (Å²) in [4.78, 5) is 12.3. The summed E-state index contributed by atoms with van der Waals surface area (Å²) in [5.41, 5.74) is 2.13. The minimum atomic E-state index is -3.37. The van der Waals surface area contributed by atoms with E-state index in [9.17, 15) is 13.2 Å². The van der Waals surface area contributed by atoms with Crippen LogP contribution in [0.5, 0.6) is 5.75 Å². The number of hydrogen-bond donors (Lipinski definition) is 0. The van der Waals surface area contributed by atoms with Crippen LogP contribution in [0.4, 0.5) is 0 Å². The van der Waals surface area contributed by atoms with E-state index in [-0.39, 0.29) is 30.3 Å². The van der Waals surface area contributed by atoms with E-state index >= 15 is 0 Å². The highest BCUT2D eigenvalue weighted by Crippen LogP contribution is 2.21. The van der Waals surface area contributed by atoms with Gasteiger partial charge in [0.05, 0.1) is 17.3 Å². The molecule has 0 radical (unpaired) electrons. The smallest absolute Gasteiger partial charge is 0.344 e. The molecule has 3 rings (SSSR count). The molecule has 0 bridgehead atoms. The van der Waals surface area contributed by atoms with Crippen LogP contribution in [-0.2, 0) is 25.8 Å². The third-order valence-electron chi connectivity index (χ3n) is 4.48. The Morgan fingerprint density at radius 3 is 2.17 bits per heavy atom. The van der Waals surface area contributed by atoms with Crippen LogP contribution < -0.4 is 4.74 Å². The number of ether oxygens (including phenoxy) is 2. The Bertz CT molecular complexity index is 1050. The van der Waals surface area contributed by atoms with Crippen LogP contribution in [0.15, 0.2) is 89.8 Å². The van der Waals surface area contributed by atoms with Crippen LogP contribution in [-0.4, -0.2) is 33.4 Å². The largest absolute Gasteiger partial charge is 0.482 e. The SMILES string of the molecule is O=C(COc1ccccc1Cc1ccccc1)OCCCS(=O)(=O)c1ccccc1. The predicted octanol–water partition coefficient (Wildman–Crippen LogP) is 4.06. The second kappa shape index (κ2) is 10.6. The molecule has 0 spiro atoms. The van der Waals surface area contributed by atoms with Crippen molar-refractivity contribution >= 4 is 15.8 Å². The van der Waals surface area contributed by atoms with Gasteiger partial charge in [0.2, 0.25) is 0 Å². The third-order valence-corrected chi connectivity index (χ3v) is 6.29. The molecule has 0 aliphatic rings. The fourth-order valence-corrected chi connectivity index (χ4v) is 4.27. The third kappa shape index (κ3) is 6.46. The van der Waals surface area contributed by atoms with Crippen LogP contribution >= 0.6 is 0 Å². The Kier molecular flexibility index (Phi) is 7.63. The Morgan fingerprint density at radius 2 is 1.43 bits per heavy atom. The quantitative estimate of drug-likeness (QED) is 0.363.